The monoisotopic (exact) mass is 402 g/mol. The van der Waals surface area contributed by atoms with Gasteiger partial charge >= 0.3 is 0 Å². The van der Waals surface area contributed by atoms with Gasteiger partial charge in [0.1, 0.15) is 6.67 Å². The van der Waals surface area contributed by atoms with E-state index in [4.69, 9.17) is 17.3 Å². The fourth-order valence-corrected chi connectivity index (χ4v) is 3.57. The summed E-state index contributed by atoms with van der Waals surface area (Å²) in [4.78, 5) is 2.17. The molecular weight excluding hydrogens is 380 g/mol. The molecule has 0 saturated carbocycles. The van der Waals surface area contributed by atoms with Gasteiger partial charge in [-0.25, -0.2) is 4.68 Å². The van der Waals surface area contributed by atoms with Crippen LogP contribution in [-0.2, 0) is 13.2 Å². The third-order valence-electron chi connectivity index (χ3n) is 4.69. The van der Waals surface area contributed by atoms with E-state index in [-0.39, 0.29) is 6.61 Å². The maximum atomic E-state index is 9.55. The molecule has 3 aromatic carbocycles. The topological polar surface area (TPSA) is 46.2 Å². The second kappa shape index (κ2) is 8.86. The third kappa shape index (κ3) is 4.13. The van der Waals surface area contributed by atoms with Gasteiger partial charge in [-0.15, -0.1) is 5.10 Å². The molecule has 0 aliphatic rings. The Balaban J connectivity index is 1.78. The smallest absolute Gasteiger partial charge is 0.199 e. The number of aliphatic hydroxyl groups is 1. The number of nitrogens with zero attached hydrogens (tertiary/aromatic N) is 4. The Bertz CT molecular complexity index is 1070. The third-order valence-corrected chi connectivity index (χ3v) is 5.12. The van der Waals surface area contributed by atoms with Gasteiger partial charge in [0.2, 0.25) is 0 Å². The lowest BCUT2D eigenvalue weighted by Gasteiger charge is -2.24. The van der Waals surface area contributed by atoms with Crippen LogP contribution in [0.4, 0.5) is 11.4 Å². The van der Waals surface area contributed by atoms with Gasteiger partial charge in [0.05, 0.1) is 13.2 Å². The maximum Gasteiger partial charge on any atom is 0.199 e. The number of rotatable bonds is 7. The van der Waals surface area contributed by atoms with Crippen LogP contribution in [0.25, 0.3) is 11.4 Å². The number of para-hydroxylation sites is 2. The molecule has 0 saturated heterocycles. The van der Waals surface area contributed by atoms with Crippen molar-refractivity contribution in [2.45, 2.75) is 13.2 Å². The predicted octanol–water partition coefficient (Wildman–Crippen LogP) is 4.87. The molecular formula is C23H22N4OS. The summed E-state index contributed by atoms with van der Waals surface area (Å²) in [5.74, 6) is 0.755. The fourth-order valence-electron chi connectivity index (χ4n) is 3.30. The summed E-state index contributed by atoms with van der Waals surface area (Å²) < 4.78 is 4.28. The SMILES string of the molecule is OCCn1c(-c2ccccc2)nn(CN(c2ccccc2)c2ccccc2)c1=S. The Morgan fingerprint density at radius 2 is 1.31 bits per heavy atom. The second-order valence-corrected chi connectivity index (χ2v) is 6.95. The van der Waals surface area contributed by atoms with Crippen LogP contribution in [0.5, 0.6) is 0 Å². The molecule has 1 heterocycles. The molecule has 0 atom stereocenters. The van der Waals surface area contributed by atoms with Gasteiger partial charge < -0.3 is 10.0 Å². The molecule has 1 aromatic heterocycles. The van der Waals surface area contributed by atoms with E-state index in [1.165, 1.54) is 0 Å². The number of aliphatic hydroxyl groups excluding tert-OH is 1. The molecule has 146 valence electrons. The van der Waals surface area contributed by atoms with E-state index in [1.807, 2.05) is 76.0 Å². The van der Waals surface area contributed by atoms with E-state index >= 15 is 0 Å². The van der Waals surface area contributed by atoms with Crippen molar-refractivity contribution in [3.63, 3.8) is 0 Å². The Morgan fingerprint density at radius 1 is 0.793 bits per heavy atom. The number of hydrogen-bond donors (Lipinski definition) is 1. The lowest BCUT2D eigenvalue weighted by Crippen LogP contribution is -2.22. The zero-order valence-electron chi connectivity index (χ0n) is 15.9. The minimum absolute atomic E-state index is 0.000911. The van der Waals surface area contributed by atoms with E-state index in [9.17, 15) is 5.11 Å². The molecule has 29 heavy (non-hydrogen) atoms. The highest BCUT2D eigenvalue weighted by molar-refractivity contribution is 7.71. The minimum atomic E-state index is 0.000911. The van der Waals surface area contributed by atoms with Crippen molar-refractivity contribution in [3.8, 4) is 11.4 Å². The van der Waals surface area contributed by atoms with Crippen LogP contribution in [0.1, 0.15) is 0 Å². The van der Waals surface area contributed by atoms with Crippen molar-refractivity contribution in [2.75, 3.05) is 11.5 Å². The first kappa shape index (κ1) is 19.1. The highest BCUT2D eigenvalue weighted by Gasteiger charge is 2.16. The second-order valence-electron chi connectivity index (χ2n) is 6.59. The highest BCUT2D eigenvalue weighted by atomic mass is 32.1. The summed E-state index contributed by atoms with van der Waals surface area (Å²) in [7, 11) is 0. The van der Waals surface area contributed by atoms with Crippen molar-refractivity contribution >= 4 is 23.6 Å². The molecule has 0 fully saturated rings. The van der Waals surface area contributed by atoms with Crippen molar-refractivity contribution in [3.05, 3.63) is 95.8 Å². The largest absolute Gasteiger partial charge is 0.395 e. The first-order valence-corrected chi connectivity index (χ1v) is 9.90. The summed E-state index contributed by atoms with van der Waals surface area (Å²) in [5.41, 5.74) is 3.08. The van der Waals surface area contributed by atoms with Crippen molar-refractivity contribution in [1.29, 1.82) is 0 Å². The molecule has 6 heteroatoms. The first-order chi connectivity index (χ1) is 14.3. The summed E-state index contributed by atoms with van der Waals surface area (Å²) in [5, 5.41) is 14.4. The van der Waals surface area contributed by atoms with E-state index < -0.39 is 0 Å². The molecule has 0 radical (unpaired) electrons. The predicted molar refractivity (Wildman–Crippen MR) is 119 cm³/mol. The van der Waals surface area contributed by atoms with Crippen LogP contribution in [0.3, 0.4) is 0 Å². The van der Waals surface area contributed by atoms with Crippen molar-refractivity contribution in [2.24, 2.45) is 0 Å². The quantitative estimate of drug-likeness (QED) is 0.448. The van der Waals surface area contributed by atoms with Gasteiger partial charge in [-0.05, 0) is 36.5 Å². The number of benzene rings is 3. The van der Waals surface area contributed by atoms with Gasteiger partial charge in [-0.1, -0.05) is 66.7 Å². The van der Waals surface area contributed by atoms with E-state index in [0.717, 1.165) is 22.8 Å². The van der Waals surface area contributed by atoms with Gasteiger partial charge in [-0.3, -0.25) is 4.57 Å². The van der Waals surface area contributed by atoms with E-state index in [1.54, 1.807) is 0 Å². The van der Waals surface area contributed by atoms with Gasteiger partial charge in [0, 0.05) is 16.9 Å². The van der Waals surface area contributed by atoms with Crippen LogP contribution in [0.2, 0.25) is 0 Å². The summed E-state index contributed by atoms with van der Waals surface area (Å²) in [6.07, 6.45) is 0. The standard InChI is InChI=1S/C23H22N4OS/c28-17-16-25-22(19-10-4-1-5-11-19)24-27(23(25)29)18-26(20-12-6-2-7-13-20)21-14-8-3-9-15-21/h1-15,28H,16-18H2. The summed E-state index contributed by atoms with van der Waals surface area (Å²) >= 11 is 5.72. The molecule has 0 spiro atoms. The lowest BCUT2D eigenvalue weighted by molar-refractivity contribution is 0.275. The zero-order chi connectivity index (χ0) is 20.1. The number of hydrogen-bond acceptors (Lipinski definition) is 4. The molecule has 1 N–H and O–H groups in total. The molecule has 4 aromatic rings. The normalized spacial score (nSPS) is 10.8. The minimum Gasteiger partial charge on any atom is -0.395 e. The summed E-state index contributed by atoms with van der Waals surface area (Å²) in [6.45, 7) is 0.867. The first-order valence-electron chi connectivity index (χ1n) is 9.49. The number of aromatic nitrogens is 3. The molecule has 0 aliphatic carbocycles. The van der Waals surface area contributed by atoms with Crippen LogP contribution >= 0.6 is 12.2 Å². The Morgan fingerprint density at radius 3 is 1.83 bits per heavy atom. The molecule has 0 aliphatic heterocycles. The fraction of sp³-hybridized carbons (Fsp3) is 0.130. The van der Waals surface area contributed by atoms with E-state index in [0.29, 0.717) is 18.0 Å². The van der Waals surface area contributed by atoms with Gasteiger partial charge in [-0.2, -0.15) is 0 Å². The Kier molecular flexibility index (Phi) is 5.84. The number of anilines is 2. The van der Waals surface area contributed by atoms with E-state index in [2.05, 4.69) is 29.2 Å². The highest BCUT2D eigenvalue weighted by Crippen LogP contribution is 2.26. The van der Waals surface area contributed by atoms with Crippen molar-refractivity contribution in [1.82, 2.24) is 14.3 Å². The van der Waals surface area contributed by atoms with Crippen LogP contribution in [-0.4, -0.2) is 26.1 Å². The summed E-state index contributed by atoms with van der Waals surface area (Å²) in [6, 6.07) is 30.3. The lowest BCUT2D eigenvalue weighted by atomic mass is 10.2. The van der Waals surface area contributed by atoms with Gasteiger partial charge in [0.25, 0.3) is 0 Å². The zero-order valence-corrected chi connectivity index (χ0v) is 16.7. The molecule has 4 rings (SSSR count). The van der Waals surface area contributed by atoms with Crippen LogP contribution < -0.4 is 4.90 Å². The van der Waals surface area contributed by atoms with Gasteiger partial charge in [0.15, 0.2) is 10.6 Å². The average Bonchev–Trinajstić information content (AvgIpc) is 3.09. The Labute approximate surface area is 175 Å². The van der Waals surface area contributed by atoms with Crippen LogP contribution in [0, 0.1) is 4.77 Å². The Hall–Kier alpha value is -3.22. The molecule has 0 amide bonds. The molecule has 0 unspecified atom stereocenters. The molecule has 0 bridgehead atoms. The average molecular weight is 403 g/mol. The maximum absolute atomic E-state index is 9.55. The molecule has 5 nitrogen and oxygen atoms in total. The van der Waals surface area contributed by atoms with Crippen LogP contribution in [0.15, 0.2) is 91.0 Å². The van der Waals surface area contributed by atoms with Crippen molar-refractivity contribution < 1.29 is 5.11 Å².